The van der Waals surface area contributed by atoms with Crippen LogP contribution >= 0.6 is 11.3 Å². The number of carbonyl (C=O) groups excluding carboxylic acids is 1. The minimum atomic E-state index is -0.186. The van der Waals surface area contributed by atoms with Gasteiger partial charge in [0.15, 0.2) is 4.80 Å². The van der Waals surface area contributed by atoms with Gasteiger partial charge in [0, 0.05) is 0 Å². The van der Waals surface area contributed by atoms with Crippen LogP contribution in [0.15, 0.2) is 23.2 Å². The van der Waals surface area contributed by atoms with Gasteiger partial charge in [-0.05, 0) is 80.9 Å². The average molecular weight is 365 g/mol. The molecule has 0 saturated heterocycles. The van der Waals surface area contributed by atoms with Gasteiger partial charge in [-0.1, -0.05) is 23.3 Å². The Morgan fingerprint density at radius 2 is 1.92 bits per heavy atom. The fourth-order valence-corrected chi connectivity index (χ4v) is 7.21. The molecule has 4 bridgehead atoms. The van der Waals surface area contributed by atoms with Gasteiger partial charge in [-0.15, -0.1) is 6.42 Å². The molecule has 6 rings (SSSR count). The molecule has 0 unspecified atom stereocenters. The SMILES string of the molecule is C#CCn1c(=NC(=O)C23CC4CC(CC(C4)C2)C3)sc2cc(C)ccc21. The summed E-state index contributed by atoms with van der Waals surface area (Å²) in [5.74, 6) is 5.10. The monoisotopic (exact) mass is 364 g/mol. The van der Waals surface area contributed by atoms with Gasteiger partial charge >= 0.3 is 0 Å². The van der Waals surface area contributed by atoms with Crippen molar-refractivity contribution in [1.82, 2.24) is 4.57 Å². The Kier molecular flexibility index (Phi) is 3.66. The van der Waals surface area contributed by atoms with E-state index < -0.39 is 0 Å². The van der Waals surface area contributed by atoms with Crippen LogP contribution < -0.4 is 4.80 Å². The fraction of sp³-hybridized carbons (Fsp3) is 0.545. The molecule has 1 amide bonds. The van der Waals surface area contributed by atoms with Crippen LogP contribution in [0.2, 0.25) is 0 Å². The van der Waals surface area contributed by atoms with Crippen molar-refractivity contribution in [2.24, 2.45) is 28.2 Å². The molecule has 0 radical (unpaired) electrons. The summed E-state index contributed by atoms with van der Waals surface area (Å²) in [5, 5.41) is 0. The molecule has 4 aliphatic rings. The molecule has 1 aromatic carbocycles. The number of rotatable bonds is 2. The van der Waals surface area contributed by atoms with Crippen molar-refractivity contribution in [3.63, 3.8) is 0 Å². The van der Waals surface area contributed by atoms with Crippen LogP contribution in [0.3, 0.4) is 0 Å². The molecule has 0 N–H and O–H groups in total. The number of amides is 1. The molecule has 4 saturated carbocycles. The highest BCUT2D eigenvalue weighted by atomic mass is 32.1. The first-order valence-corrected chi connectivity index (χ1v) is 10.5. The number of fused-ring (bicyclic) bond motifs is 1. The van der Waals surface area contributed by atoms with Gasteiger partial charge in [-0.25, -0.2) is 0 Å². The van der Waals surface area contributed by atoms with E-state index in [-0.39, 0.29) is 11.3 Å². The summed E-state index contributed by atoms with van der Waals surface area (Å²) < 4.78 is 3.18. The molecule has 0 spiro atoms. The molecule has 3 nitrogen and oxygen atoms in total. The number of hydrogen-bond donors (Lipinski definition) is 0. The second-order valence-corrected chi connectivity index (χ2v) is 9.77. The zero-order valence-corrected chi connectivity index (χ0v) is 16.0. The topological polar surface area (TPSA) is 34.4 Å². The molecule has 1 heterocycles. The molecule has 134 valence electrons. The number of benzene rings is 1. The summed E-state index contributed by atoms with van der Waals surface area (Å²) in [4.78, 5) is 18.8. The first kappa shape index (κ1) is 16.3. The smallest absolute Gasteiger partial charge is 0.254 e. The Bertz CT molecular complexity index is 968. The summed E-state index contributed by atoms with van der Waals surface area (Å²) in [7, 11) is 0. The minimum Gasteiger partial charge on any atom is -0.305 e. The Morgan fingerprint density at radius 1 is 1.27 bits per heavy atom. The van der Waals surface area contributed by atoms with E-state index in [1.54, 1.807) is 11.3 Å². The van der Waals surface area contributed by atoms with Crippen molar-refractivity contribution in [2.75, 3.05) is 0 Å². The molecule has 0 atom stereocenters. The maximum absolute atomic E-state index is 13.3. The highest BCUT2D eigenvalue weighted by Gasteiger charge is 2.54. The fourth-order valence-electron chi connectivity index (χ4n) is 6.09. The molecular formula is C22H24N2OS. The van der Waals surface area contributed by atoms with Crippen LogP contribution in [0.25, 0.3) is 10.2 Å². The number of thiazole rings is 1. The lowest BCUT2D eigenvalue weighted by Crippen LogP contribution is -2.49. The normalized spacial score (nSPS) is 32.9. The van der Waals surface area contributed by atoms with Crippen LogP contribution in [-0.2, 0) is 11.3 Å². The van der Waals surface area contributed by atoms with Crippen LogP contribution in [0.4, 0.5) is 0 Å². The van der Waals surface area contributed by atoms with Crippen LogP contribution in [0.5, 0.6) is 0 Å². The molecular weight excluding hydrogens is 340 g/mol. The van der Waals surface area contributed by atoms with E-state index in [0.29, 0.717) is 6.54 Å². The zero-order chi connectivity index (χ0) is 17.9. The van der Waals surface area contributed by atoms with Gasteiger partial charge in [-0.3, -0.25) is 4.79 Å². The number of aromatic nitrogens is 1. The molecule has 0 aliphatic heterocycles. The third kappa shape index (κ3) is 2.48. The lowest BCUT2D eigenvalue weighted by Gasteiger charge is -2.55. The molecule has 2 aromatic rings. The van der Waals surface area contributed by atoms with E-state index in [1.807, 2.05) is 4.57 Å². The van der Waals surface area contributed by atoms with Gasteiger partial charge < -0.3 is 4.57 Å². The van der Waals surface area contributed by atoms with Crippen LogP contribution in [0, 0.1) is 42.4 Å². The molecule has 1 aromatic heterocycles. The predicted molar refractivity (Wildman–Crippen MR) is 105 cm³/mol. The summed E-state index contributed by atoms with van der Waals surface area (Å²) in [5.41, 5.74) is 2.11. The summed E-state index contributed by atoms with van der Waals surface area (Å²) >= 11 is 1.59. The summed E-state index contributed by atoms with van der Waals surface area (Å²) in [6.07, 6.45) is 12.8. The maximum atomic E-state index is 13.3. The summed E-state index contributed by atoms with van der Waals surface area (Å²) in [6, 6.07) is 6.33. The van der Waals surface area contributed by atoms with Gasteiger partial charge in [-0.2, -0.15) is 4.99 Å². The van der Waals surface area contributed by atoms with E-state index in [9.17, 15) is 4.79 Å². The van der Waals surface area contributed by atoms with Gasteiger partial charge in [0.2, 0.25) is 0 Å². The predicted octanol–water partition coefficient (Wildman–Crippen LogP) is 4.29. The maximum Gasteiger partial charge on any atom is 0.254 e. The molecule has 26 heavy (non-hydrogen) atoms. The largest absolute Gasteiger partial charge is 0.305 e. The first-order valence-electron chi connectivity index (χ1n) is 9.69. The van der Waals surface area contributed by atoms with E-state index in [1.165, 1.54) is 24.8 Å². The van der Waals surface area contributed by atoms with Crippen molar-refractivity contribution < 1.29 is 4.79 Å². The van der Waals surface area contributed by atoms with Crippen LogP contribution in [-0.4, -0.2) is 10.5 Å². The second-order valence-electron chi connectivity index (χ2n) is 8.76. The lowest BCUT2D eigenvalue weighted by molar-refractivity contribution is -0.142. The highest BCUT2D eigenvalue weighted by molar-refractivity contribution is 7.16. The van der Waals surface area contributed by atoms with E-state index in [0.717, 1.165) is 52.0 Å². The number of nitrogens with zero attached hydrogens (tertiary/aromatic N) is 2. The average Bonchev–Trinajstić information content (AvgIpc) is 2.90. The zero-order valence-electron chi connectivity index (χ0n) is 15.2. The van der Waals surface area contributed by atoms with Gasteiger partial charge in [0.1, 0.15) is 0 Å². The Morgan fingerprint density at radius 3 is 2.54 bits per heavy atom. The van der Waals surface area contributed by atoms with E-state index in [4.69, 9.17) is 6.42 Å². The quantitative estimate of drug-likeness (QED) is 0.732. The van der Waals surface area contributed by atoms with Crippen molar-refractivity contribution in [1.29, 1.82) is 0 Å². The lowest BCUT2D eigenvalue weighted by atomic mass is 9.49. The van der Waals surface area contributed by atoms with Crippen LogP contribution in [0.1, 0.15) is 44.1 Å². The number of carbonyl (C=O) groups is 1. The summed E-state index contributed by atoms with van der Waals surface area (Å²) in [6.45, 7) is 2.54. The second kappa shape index (κ2) is 5.82. The first-order chi connectivity index (χ1) is 12.6. The standard InChI is InChI=1S/C22H24N2OS/c1-3-6-24-18-5-4-14(2)7-19(18)26-21(24)23-20(25)22-11-15-8-16(12-22)10-17(9-15)13-22/h1,4-5,7,15-17H,6,8-13H2,2H3. The van der Waals surface area contributed by atoms with E-state index in [2.05, 4.69) is 36.0 Å². The Labute approximate surface area is 158 Å². The van der Waals surface area contributed by atoms with Gasteiger partial charge in [0.05, 0.1) is 22.2 Å². The Balaban J connectivity index is 1.59. The molecule has 4 fully saturated rings. The number of terminal acetylenes is 1. The third-order valence-electron chi connectivity index (χ3n) is 6.78. The van der Waals surface area contributed by atoms with Crippen molar-refractivity contribution in [2.45, 2.75) is 52.0 Å². The van der Waals surface area contributed by atoms with Crippen molar-refractivity contribution in [3.05, 3.63) is 28.6 Å². The number of hydrogen-bond acceptors (Lipinski definition) is 2. The molecule has 4 aliphatic carbocycles. The molecule has 4 heteroatoms. The number of aryl methyl sites for hydroxylation is 1. The Hall–Kier alpha value is -1.86. The van der Waals surface area contributed by atoms with Gasteiger partial charge in [0.25, 0.3) is 5.91 Å². The third-order valence-corrected chi connectivity index (χ3v) is 7.82. The van der Waals surface area contributed by atoms with Crippen molar-refractivity contribution in [3.8, 4) is 12.3 Å². The van der Waals surface area contributed by atoms with Crippen molar-refractivity contribution >= 4 is 27.5 Å². The highest BCUT2D eigenvalue weighted by Crippen LogP contribution is 2.60. The van der Waals surface area contributed by atoms with E-state index >= 15 is 0 Å². The minimum absolute atomic E-state index is 0.116.